The van der Waals surface area contributed by atoms with Crippen molar-refractivity contribution >= 4 is 22.9 Å². The first kappa shape index (κ1) is 18.0. The molecule has 3 heterocycles. The summed E-state index contributed by atoms with van der Waals surface area (Å²) in [5, 5.41) is 3.62. The summed E-state index contributed by atoms with van der Waals surface area (Å²) >= 11 is 0. The lowest BCUT2D eigenvalue weighted by Gasteiger charge is -2.41. The van der Waals surface area contributed by atoms with Crippen LogP contribution in [0.15, 0.2) is 53.5 Å². The molecule has 1 aromatic heterocycles. The third-order valence-corrected chi connectivity index (χ3v) is 5.38. The number of para-hydroxylation sites is 2. The number of methoxy groups -OCH3 is 2. The number of ether oxygens (including phenoxy) is 2. The molecule has 3 aromatic rings. The van der Waals surface area contributed by atoms with Crippen LogP contribution >= 0.6 is 0 Å². The van der Waals surface area contributed by atoms with E-state index in [9.17, 15) is 0 Å². The largest absolute Gasteiger partial charge is 0.497 e. The lowest BCUT2D eigenvalue weighted by Crippen LogP contribution is -2.57. The molecule has 0 spiro atoms. The molecule has 5 rings (SSSR count). The number of hydrogen-bond donors (Lipinski definition) is 1. The topological polar surface area (TPSA) is 67.2 Å². The van der Waals surface area contributed by atoms with E-state index in [2.05, 4.69) is 37.9 Å². The Bertz CT molecular complexity index is 1060. The van der Waals surface area contributed by atoms with E-state index in [1.807, 2.05) is 30.3 Å². The Morgan fingerprint density at radius 1 is 1.14 bits per heavy atom. The monoisotopic (exact) mass is 392 g/mol. The van der Waals surface area contributed by atoms with Crippen LogP contribution < -0.4 is 15.0 Å². The quantitative estimate of drug-likeness (QED) is 0.718. The van der Waals surface area contributed by atoms with Crippen LogP contribution in [0.4, 0.5) is 5.95 Å². The van der Waals surface area contributed by atoms with Gasteiger partial charge in [-0.2, -0.15) is 0 Å². The fourth-order valence-corrected chi connectivity index (χ4v) is 3.91. The number of rotatable bonds is 5. The van der Waals surface area contributed by atoms with Gasteiger partial charge < -0.3 is 14.8 Å². The highest BCUT2D eigenvalue weighted by molar-refractivity contribution is 5.98. The second-order valence-electron chi connectivity index (χ2n) is 7.17. The van der Waals surface area contributed by atoms with Gasteiger partial charge in [-0.05, 0) is 29.8 Å². The number of nitrogens with zero attached hydrogens (tertiary/aromatic N) is 5. The van der Waals surface area contributed by atoms with Gasteiger partial charge in [0.1, 0.15) is 11.9 Å². The summed E-state index contributed by atoms with van der Waals surface area (Å²) in [5.74, 6) is 2.56. The molecule has 0 amide bonds. The van der Waals surface area contributed by atoms with Gasteiger partial charge in [0.15, 0.2) is 0 Å². The SMILES string of the molecule is COCCN1CN=C2N[C@H](c3cccc(OC)c3)n3c(nc4ccccc43)N2C1. The number of aromatic nitrogens is 2. The minimum Gasteiger partial charge on any atom is -0.497 e. The summed E-state index contributed by atoms with van der Waals surface area (Å²) in [5.41, 5.74) is 3.14. The summed E-state index contributed by atoms with van der Waals surface area (Å²) < 4.78 is 12.9. The van der Waals surface area contributed by atoms with Gasteiger partial charge in [0.25, 0.3) is 0 Å². The van der Waals surface area contributed by atoms with E-state index in [4.69, 9.17) is 19.5 Å². The van der Waals surface area contributed by atoms with Gasteiger partial charge in [0.05, 0.1) is 38.1 Å². The van der Waals surface area contributed by atoms with E-state index in [-0.39, 0.29) is 6.17 Å². The Kier molecular flexibility index (Phi) is 4.57. The number of fused-ring (bicyclic) bond motifs is 5. The highest BCUT2D eigenvalue weighted by Gasteiger charge is 2.35. The van der Waals surface area contributed by atoms with E-state index in [1.165, 1.54) is 0 Å². The van der Waals surface area contributed by atoms with Crippen molar-refractivity contribution in [2.45, 2.75) is 6.17 Å². The second kappa shape index (κ2) is 7.38. The molecule has 2 aliphatic rings. The normalized spacial score (nSPS) is 18.8. The third-order valence-electron chi connectivity index (χ3n) is 5.38. The molecule has 0 fully saturated rings. The van der Waals surface area contributed by atoms with E-state index in [1.54, 1.807) is 14.2 Å². The first-order valence-electron chi connectivity index (χ1n) is 9.69. The van der Waals surface area contributed by atoms with Gasteiger partial charge in [0, 0.05) is 13.7 Å². The fraction of sp³-hybridized carbons (Fsp3) is 0.333. The van der Waals surface area contributed by atoms with Crippen LogP contribution in [0.25, 0.3) is 11.0 Å². The summed E-state index contributed by atoms with van der Waals surface area (Å²) in [4.78, 5) is 14.1. The van der Waals surface area contributed by atoms with E-state index in [0.717, 1.165) is 40.8 Å². The molecule has 8 heteroatoms. The average molecular weight is 392 g/mol. The molecule has 2 aliphatic heterocycles. The molecule has 1 atom stereocenters. The van der Waals surface area contributed by atoms with Crippen molar-refractivity contribution < 1.29 is 9.47 Å². The highest BCUT2D eigenvalue weighted by atomic mass is 16.5. The number of hydrogen-bond acceptors (Lipinski definition) is 7. The molecule has 0 bridgehead atoms. The molecule has 8 nitrogen and oxygen atoms in total. The number of anilines is 1. The van der Waals surface area contributed by atoms with Crippen LogP contribution in [0, 0.1) is 0 Å². The van der Waals surface area contributed by atoms with E-state index >= 15 is 0 Å². The molecule has 150 valence electrons. The maximum atomic E-state index is 5.45. The maximum absolute atomic E-state index is 5.45. The Morgan fingerprint density at radius 3 is 2.90 bits per heavy atom. The summed E-state index contributed by atoms with van der Waals surface area (Å²) in [6, 6.07) is 16.3. The van der Waals surface area contributed by atoms with Gasteiger partial charge >= 0.3 is 0 Å². The molecule has 2 aromatic carbocycles. The minimum atomic E-state index is -0.118. The zero-order chi connectivity index (χ0) is 19.8. The van der Waals surface area contributed by atoms with Crippen molar-refractivity contribution in [3.05, 3.63) is 54.1 Å². The summed E-state index contributed by atoms with van der Waals surface area (Å²) in [7, 11) is 3.41. The van der Waals surface area contributed by atoms with Crippen LogP contribution in [-0.2, 0) is 4.74 Å². The standard InChI is InChI=1S/C21H24N6O2/c1-28-11-10-25-13-22-20-24-19(15-6-5-7-16(12-15)29-2)27-18-9-4-3-8-17(18)23-21(27)26(20)14-25/h3-9,12,19H,10-11,13-14H2,1-2H3,(H,22,24)/t19-/m0/s1. The van der Waals surface area contributed by atoms with Gasteiger partial charge in [-0.15, -0.1) is 0 Å². The van der Waals surface area contributed by atoms with Crippen molar-refractivity contribution in [2.24, 2.45) is 4.99 Å². The molecule has 1 N–H and O–H groups in total. The second-order valence-corrected chi connectivity index (χ2v) is 7.17. The predicted molar refractivity (Wildman–Crippen MR) is 112 cm³/mol. The van der Waals surface area contributed by atoms with Gasteiger partial charge in [-0.25, -0.2) is 9.98 Å². The summed E-state index contributed by atoms with van der Waals surface area (Å²) in [6.07, 6.45) is -0.118. The summed E-state index contributed by atoms with van der Waals surface area (Å²) in [6.45, 7) is 2.84. The van der Waals surface area contributed by atoms with E-state index in [0.29, 0.717) is 19.9 Å². The third kappa shape index (κ3) is 3.10. The maximum Gasteiger partial charge on any atom is 0.216 e. The van der Waals surface area contributed by atoms with Crippen molar-refractivity contribution in [1.82, 2.24) is 19.8 Å². The Morgan fingerprint density at radius 2 is 2.03 bits per heavy atom. The van der Waals surface area contributed by atoms with Crippen molar-refractivity contribution in [3.63, 3.8) is 0 Å². The number of aliphatic imine (C=N–C) groups is 1. The Labute approximate surface area is 169 Å². The number of guanidine groups is 1. The zero-order valence-corrected chi connectivity index (χ0v) is 16.6. The molecule has 0 unspecified atom stereocenters. The predicted octanol–water partition coefficient (Wildman–Crippen LogP) is 2.23. The Hall–Kier alpha value is -3.10. The molecule has 29 heavy (non-hydrogen) atoms. The number of nitrogens with one attached hydrogen (secondary N) is 1. The van der Waals surface area contributed by atoms with Crippen molar-refractivity contribution in [2.75, 3.05) is 45.6 Å². The first-order valence-corrected chi connectivity index (χ1v) is 9.69. The number of imidazole rings is 1. The molecule has 0 aliphatic carbocycles. The number of benzene rings is 2. The van der Waals surface area contributed by atoms with Crippen LogP contribution in [0.1, 0.15) is 11.7 Å². The average Bonchev–Trinajstić information content (AvgIpc) is 3.17. The molecular formula is C21H24N6O2. The molecule has 0 saturated carbocycles. The highest BCUT2D eigenvalue weighted by Crippen LogP contribution is 2.34. The minimum absolute atomic E-state index is 0.118. The first-order chi connectivity index (χ1) is 14.3. The molecule has 0 radical (unpaired) electrons. The van der Waals surface area contributed by atoms with Crippen LogP contribution in [-0.4, -0.2) is 61.1 Å². The lowest BCUT2D eigenvalue weighted by atomic mass is 10.1. The smallest absolute Gasteiger partial charge is 0.216 e. The fourth-order valence-electron chi connectivity index (χ4n) is 3.91. The van der Waals surface area contributed by atoms with E-state index < -0.39 is 0 Å². The van der Waals surface area contributed by atoms with Gasteiger partial charge in [-0.1, -0.05) is 24.3 Å². The molecular weight excluding hydrogens is 368 g/mol. The van der Waals surface area contributed by atoms with Gasteiger partial charge in [-0.3, -0.25) is 14.4 Å². The van der Waals surface area contributed by atoms with Gasteiger partial charge in [0.2, 0.25) is 11.9 Å². The van der Waals surface area contributed by atoms with Crippen molar-refractivity contribution in [3.8, 4) is 5.75 Å². The zero-order valence-electron chi connectivity index (χ0n) is 16.6. The Balaban J connectivity index is 1.62. The molecule has 0 saturated heterocycles. The lowest BCUT2D eigenvalue weighted by molar-refractivity contribution is 0.147. The van der Waals surface area contributed by atoms with Crippen molar-refractivity contribution in [1.29, 1.82) is 0 Å². The van der Waals surface area contributed by atoms with Crippen LogP contribution in [0.3, 0.4) is 0 Å². The van der Waals surface area contributed by atoms with Crippen LogP contribution in [0.5, 0.6) is 5.75 Å². The van der Waals surface area contributed by atoms with Crippen LogP contribution in [0.2, 0.25) is 0 Å².